The maximum Gasteiger partial charge on any atom is 0.257 e. The molecule has 3 heterocycles. The number of aromatic nitrogens is 2. The van der Waals surface area contributed by atoms with Crippen LogP contribution in [0.5, 0.6) is 0 Å². The standard InChI is InChI=1S/C23H25N5O2/c1-14-5-7-20-17(10-14)11-19(15(2)26-20)23(30)27-18-6-8-21(25-12-18)28-9-3-4-16(13-28)22(24)29/h5-8,10-12,16H,3-4,9,13H2,1-2H3,(H2,24,29)(H,27,30). The van der Waals surface area contributed by atoms with Crippen LogP contribution >= 0.6 is 0 Å². The second kappa shape index (κ2) is 8.10. The first-order chi connectivity index (χ1) is 14.4. The number of benzene rings is 1. The predicted molar refractivity (Wildman–Crippen MR) is 118 cm³/mol. The van der Waals surface area contributed by atoms with Crippen LogP contribution < -0.4 is 16.0 Å². The van der Waals surface area contributed by atoms with E-state index in [0.29, 0.717) is 23.5 Å². The van der Waals surface area contributed by atoms with Crippen LogP contribution in [0.15, 0.2) is 42.6 Å². The van der Waals surface area contributed by atoms with Crippen molar-refractivity contribution in [1.29, 1.82) is 0 Å². The van der Waals surface area contributed by atoms with E-state index in [9.17, 15) is 9.59 Å². The van der Waals surface area contributed by atoms with Crippen LogP contribution in [0.3, 0.4) is 0 Å². The second-order valence-electron chi connectivity index (χ2n) is 7.86. The summed E-state index contributed by atoms with van der Waals surface area (Å²) in [5.74, 6) is 0.146. The summed E-state index contributed by atoms with van der Waals surface area (Å²) in [6.07, 6.45) is 3.36. The summed E-state index contributed by atoms with van der Waals surface area (Å²) in [4.78, 5) is 35.4. The summed E-state index contributed by atoms with van der Waals surface area (Å²) < 4.78 is 0. The lowest BCUT2D eigenvalue weighted by Gasteiger charge is -2.32. The summed E-state index contributed by atoms with van der Waals surface area (Å²) in [5, 5.41) is 3.84. The number of nitrogens with one attached hydrogen (secondary N) is 1. The largest absolute Gasteiger partial charge is 0.369 e. The van der Waals surface area contributed by atoms with Crippen molar-refractivity contribution >= 4 is 34.2 Å². The number of amides is 2. The lowest BCUT2D eigenvalue weighted by atomic mass is 9.97. The van der Waals surface area contributed by atoms with Gasteiger partial charge in [-0.15, -0.1) is 0 Å². The number of nitrogens with zero attached hydrogens (tertiary/aromatic N) is 3. The molecule has 7 heteroatoms. The van der Waals surface area contributed by atoms with Crippen molar-refractivity contribution in [2.75, 3.05) is 23.3 Å². The number of primary amides is 1. The summed E-state index contributed by atoms with van der Waals surface area (Å²) in [5.41, 5.74) is 9.28. The number of pyridine rings is 2. The van der Waals surface area contributed by atoms with E-state index in [1.165, 1.54) is 0 Å². The zero-order valence-corrected chi connectivity index (χ0v) is 17.2. The molecule has 1 saturated heterocycles. The summed E-state index contributed by atoms with van der Waals surface area (Å²) >= 11 is 0. The zero-order valence-electron chi connectivity index (χ0n) is 17.2. The normalized spacial score (nSPS) is 16.5. The van der Waals surface area contributed by atoms with E-state index in [0.717, 1.165) is 41.7 Å². The van der Waals surface area contributed by atoms with Gasteiger partial charge in [0.2, 0.25) is 5.91 Å². The number of aryl methyl sites for hydroxylation is 2. The average Bonchev–Trinajstić information content (AvgIpc) is 2.74. The smallest absolute Gasteiger partial charge is 0.257 e. The number of carbonyl (C=O) groups excluding carboxylic acids is 2. The monoisotopic (exact) mass is 403 g/mol. The molecular weight excluding hydrogens is 378 g/mol. The van der Waals surface area contributed by atoms with Crippen molar-refractivity contribution in [3.63, 3.8) is 0 Å². The average molecular weight is 403 g/mol. The molecule has 0 bridgehead atoms. The number of fused-ring (bicyclic) bond motifs is 1. The van der Waals surface area contributed by atoms with E-state index in [1.807, 2.05) is 50.2 Å². The molecule has 7 nitrogen and oxygen atoms in total. The minimum atomic E-state index is -0.266. The predicted octanol–water partition coefficient (Wildman–Crippen LogP) is 3.20. The van der Waals surface area contributed by atoms with Gasteiger partial charge in [-0.3, -0.25) is 14.6 Å². The third-order valence-corrected chi connectivity index (χ3v) is 5.56. The molecule has 0 saturated carbocycles. The molecule has 0 radical (unpaired) electrons. The molecule has 1 atom stereocenters. The molecule has 0 spiro atoms. The molecule has 2 aromatic heterocycles. The van der Waals surface area contributed by atoms with Crippen molar-refractivity contribution in [2.45, 2.75) is 26.7 Å². The Hall–Kier alpha value is -3.48. The third kappa shape index (κ3) is 4.10. The van der Waals surface area contributed by atoms with E-state index in [4.69, 9.17) is 5.73 Å². The van der Waals surface area contributed by atoms with Crippen LogP contribution in [0.1, 0.15) is 34.5 Å². The lowest BCUT2D eigenvalue weighted by Crippen LogP contribution is -2.41. The maximum absolute atomic E-state index is 12.8. The van der Waals surface area contributed by atoms with Gasteiger partial charge >= 0.3 is 0 Å². The molecule has 1 fully saturated rings. The molecule has 3 aromatic rings. The van der Waals surface area contributed by atoms with Crippen LogP contribution in [0.4, 0.5) is 11.5 Å². The Morgan fingerprint density at radius 1 is 1.17 bits per heavy atom. The highest BCUT2D eigenvalue weighted by Crippen LogP contribution is 2.23. The molecule has 154 valence electrons. The second-order valence-corrected chi connectivity index (χ2v) is 7.86. The Bertz CT molecular complexity index is 1110. The molecule has 4 rings (SSSR count). The first-order valence-corrected chi connectivity index (χ1v) is 10.1. The van der Waals surface area contributed by atoms with Gasteiger partial charge < -0.3 is 16.0 Å². The minimum absolute atomic E-state index is 0.146. The van der Waals surface area contributed by atoms with Crippen LogP contribution in [-0.4, -0.2) is 34.9 Å². The molecular formula is C23H25N5O2. The van der Waals surface area contributed by atoms with Crippen molar-refractivity contribution in [3.05, 3.63) is 59.4 Å². The SMILES string of the molecule is Cc1ccc2nc(C)c(C(=O)Nc3ccc(N4CCCC(C(N)=O)C4)nc3)cc2c1. The van der Waals surface area contributed by atoms with Gasteiger partial charge in [-0.1, -0.05) is 11.6 Å². The quantitative estimate of drug-likeness (QED) is 0.697. The maximum atomic E-state index is 12.8. The van der Waals surface area contributed by atoms with Gasteiger partial charge in [-0.25, -0.2) is 4.98 Å². The first kappa shape index (κ1) is 19.8. The van der Waals surface area contributed by atoms with Gasteiger partial charge in [0.25, 0.3) is 5.91 Å². The Labute approximate surface area is 175 Å². The highest BCUT2D eigenvalue weighted by atomic mass is 16.2. The van der Waals surface area contributed by atoms with E-state index < -0.39 is 0 Å². The number of rotatable bonds is 4. The highest BCUT2D eigenvalue weighted by molar-refractivity contribution is 6.06. The van der Waals surface area contributed by atoms with Crippen LogP contribution in [0.25, 0.3) is 10.9 Å². The van der Waals surface area contributed by atoms with Gasteiger partial charge in [0.1, 0.15) is 5.82 Å². The van der Waals surface area contributed by atoms with Crippen molar-refractivity contribution in [1.82, 2.24) is 9.97 Å². The molecule has 3 N–H and O–H groups in total. The fraction of sp³-hybridized carbons (Fsp3) is 0.304. The number of hydrogen-bond donors (Lipinski definition) is 2. The fourth-order valence-electron chi connectivity index (χ4n) is 3.89. The van der Waals surface area contributed by atoms with Crippen LogP contribution in [0, 0.1) is 19.8 Å². The molecule has 1 aliphatic rings. The topological polar surface area (TPSA) is 101 Å². The number of anilines is 2. The number of nitrogens with two attached hydrogens (primary N) is 1. The number of hydrogen-bond acceptors (Lipinski definition) is 5. The molecule has 1 aromatic carbocycles. The van der Waals surface area contributed by atoms with Crippen LogP contribution in [-0.2, 0) is 4.79 Å². The number of carbonyl (C=O) groups is 2. The Kier molecular flexibility index (Phi) is 5.35. The van der Waals surface area contributed by atoms with Gasteiger partial charge in [-0.05, 0) is 57.0 Å². The fourth-order valence-corrected chi connectivity index (χ4v) is 3.89. The van der Waals surface area contributed by atoms with E-state index >= 15 is 0 Å². The minimum Gasteiger partial charge on any atom is -0.369 e. The summed E-state index contributed by atoms with van der Waals surface area (Å²) in [6, 6.07) is 11.5. The molecule has 1 unspecified atom stereocenters. The highest BCUT2D eigenvalue weighted by Gasteiger charge is 2.24. The van der Waals surface area contributed by atoms with E-state index in [-0.39, 0.29) is 17.7 Å². The summed E-state index contributed by atoms with van der Waals surface area (Å²) in [7, 11) is 0. The van der Waals surface area contributed by atoms with Gasteiger partial charge in [0.05, 0.1) is 34.6 Å². The van der Waals surface area contributed by atoms with Gasteiger partial charge in [-0.2, -0.15) is 0 Å². The zero-order chi connectivity index (χ0) is 21.3. The Morgan fingerprint density at radius 2 is 2.00 bits per heavy atom. The van der Waals surface area contributed by atoms with Crippen molar-refractivity contribution < 1.29 is 9.59 Å². The van der Waals surface area contributed by atoms with Crippen molar-refractivity contribution in [3.8, 4) is 0 Å². The lowest BCUT2D eigenvalue weighted by molar-refractivity contribution is -0.122. The molecule has 1 aliphatic heterocycles. The van der Waals surface area contributed by atoms with Gasteiger partial charge in [0.15, 0.2) is 0 Å². The van der Waals surface area contributed by atoms with Crippen LogP contribution in [0.2, 0.25) is 0 Å². The van der Waals surface area contributed by atoms with E-state index in [2.05, 4.69) is 20.2 Å². The van der Waals surface area contributed by atoms with Crippen molar-refractivity contribution in [2.24, 2.45) is 11.7 Å². The Balaban J connectivity index is 1.49. The molecule has 30 heavy (non-hydrogen) atoms. The number of piperidine rings is 1. The Morgan fingerprint density at radius 3 is 2.73 bits per heavy atom. The molecule has 0 aliphatic carbocycles. The van der Waals surface area contributed by atoms with E-state index in [1.54, 1.807) is 6.20 Å². The van der Waals surface area contributed by atoms with Gasteiger partial charge in [0, 0.05) is 18.5 Å². The molecule has 2 amide bonds. The first-order valence-electron chi connectivity index (χ1n) is 10.1. The summed E-state index contributed by atoms with van der Waals surface area (Å²) in [6.45, 7) is 5.26. The third-order valence-electron chi connectivity index (χ3n) is 5.56.